The van der Waals surface area contributed by atoms with E-state index in [1.807, 2.05) is 12.1 Å². The summed E-state index contributed by atoms with van der Waals surface area (Å²) in [5.41, 5.74) is 0.0569. The molecule has 21 heavy (non-hydrogen) atoms. The summed E-state index contributed by atoms with van der Waals surface area (Å²) >= 11 is 0. The third-order valence-corrected chi connectivity index (χ3v) is 4.31. The number of anilines is 1. The molecule has 2 aromatic heterocycles. The number of nitrogens with one attached hydrogen (secondary N) is 2. The van der Waals surface area contributed by atoms with Gasteiger partial charge in [-0.25, -0.2) is 5.10 Å². The Morgan fingerprint density at radius 1 is 1.29 bits per heavy atom. The van der Waals surface area contributed by atoms with Crippen LogP contribution in [-0.4, -0.2) is 25.7 Å². The zero-order valence-corrected chi connectivity index (χ0v) is 12.1. The second kappa shape index (κ2) is 6.11. The van der Waals surface area contributed by atoms with E-state index in [4.69, 9.17) is 0 Å². The summed E-state index contributed by atoms with van der Waals surface area (Å²) < 4.78 is 2.19. The first-order valence-corrected chi connectivity index (χ1v) is 7.52. The molecule has 3 rings (SSSR count). The van der Waals surface area contributed by atoms with E-state index < -0.39 is 0 Å². The number of aromatic amines is 1. The van der Waals surface area contributed by atoms with Gasteiger partial charge in [-0.2, -0.15) is 10.1 Å². The van der Waals surface area contributed by atoms with E-state index in [1.165, 1.54) is 25.6 Å². The summed E-state index contributed by atoms with van der Waals surface area (Å²) in [7, 11) is 0. The predicted molar refractivity (Wildman–Crippen MR) is 79.6 cm³/mol. The van der Waals surface area contributed by atoms with Gasteiger partial charge in [0.15, 0.2) is 0 Å². The summed E-state index contributed by atoms with van der Waals surface area (Å²) in [6.07, 6.45) is 12.0. The molecule has 6 nitrogen and oxygen atoms in total. The number of H-pyrrole nitrogens is 1. The van der Waals surface area contributed by atoms with Gasteiger partial charge in [0, 0.05) is 25.4 Å². The highest BCUT2D eigenvalue weighted by molar-refractivity contribution is 5.89. The molecule has 0 atom stereocenters. The number of aromatic nitrogens is 4. The molecule has 6 heteroatoms. The number of hydrogen-bond acceptors (Lipinski definition) is 3. The van der Waals surface area contributed by atoms with E-state index in [0.717, 1.165) is 19.4 Å². The molecule has 112 valence electrons. The lowest BCUT2D eigenvalue weighted by atomic mass is 9.71. The molecule has 2 heterocycles. The molecule has 0 radical (unpaired) electrons. The van der Waals surface area contributed by atoms with Gasteiger partial charge in [0.05, 0.1) is 0 Å². The molecule has 1 aliphatic carbocycles. The van der Waals surface area contributed by atoms with Crippen LogP contribution in [0.15, 0.2) is 30.9 Å². The molecule has 2 N–H and O–H groups in total. The van der Waals surface area contributed by atoms with E-state index >= 15 is 0 Å². The van der Waals surface area contributed by atoms with Crippen LogP contribution in [-0.2, 0) is 11.3 Å². The average Bonchev–Trinajstić information content (AvgIpc) is 3.13. The van der Waals surface area contributed by atoms with Gasteiger partial charge in [-0.15, -0.1) is 0 Å². The third-order valence-electron chi connectivity index (χ3n) is 4.31. The lowest BCUT2D eigenvalue weighted by Crippen LogP contribution is -2.33. The van der Waals surface area contributed by atoms with E-state index in [1.54, 1.807) is 0 Å². The van der Waals surface area contributed by atoms with Gasteiger partial charge in [-0.1, -0.05) is 19.3 Å². The van der Waals surface area contributed by atoms with E-state index in [2.05, 4.69) is 37.5 Å². The van der Waals surface area contributed by atoms with Crippen molar-refractivity contribution in [3.8, 4) is 0 Å². The number of amides is 1. The Kier molecular flexibility index (Phi) is 4.03. The van der Waals surface area contributed by atoms with Crippen molar-refractivity contribution in [3.63, 3.8) is 0 Å². The van der Waals surface area contributed by atoms with Crippen molar-refractivity contribution in [1.29, 1.82) is 0 Å². The Balaban J connectivity index is 1.68. The van der Waals surface area contributed by atoms with E-state index in [0.29, 0.717) is 12.4 Å². The maximum absolute atomic E-state index is 12.3. The maximum Gasteiger partial charge on any atom is 0.227 e. The summed E-state index contributed by atoms with van der Waals surface area (Å²) in [6.45, 7) is 0.907. The van der Waals surface area contributed by atoms with Crippen LogP contribution >= 0.6 is 0 Å². The lowest BCUT2D eigenvalue weighted by molar-refractivity contribution is -0.119. The van der Waals surface area contributed by atoms with Crippen molar-refractivity contribution >= 4 is 11.9 Å². The Bertz CT molecular complexity index is 555. The SMILES string of the molecule is O=C(CC1(Cn2cccc2)CCCCC1)Nc1ncn[nH]1. The number of carbonyl (C=O) groups is 1. The molecular weight excluding hydrogens is 266 g/mol. The number of hydrogen-bond donors (Lipinski definition) is 2. The number of carbonyl (C=O) groups excluding carboxylic acids is 1. The molecule has 2 aromatic rings. The smallest absolute Gasteiger partial charge is 0.227 e. The van der Waals surface area contributed by atoms with Crippen molar-refractivity contribution in [2.24, 2.45) is 5.41 Å². The zero-order valence-electron chi connectivity index (χ0n) is 12.1. The normalized spacial score (nSPS) is 17.5. The van der Waals surface area contributed by atoms with Crippen molar-refractivity contribution in [2.75, 3.05) is 5.32 Å². The predicted octanol–water partition coefficient (Wildman–Crippen LogP) is 2.59. The minimum atomic E-state index is 0.0146. The van der Waals surface area contributed by atoms with Gasteiger partial charge in [0.2, 0.25) is 11.9 Å². The fraction of sp³-hybridized carbons (Fsp3) is 0.533. The van der Waals surface area contributed by atoms with Crippen LogP contribution in [0.25, 0.3) is 0 Å². The summed E-state index contributed by atoms with van der Waals surface area (Å²) in [5.74, 6) is 0.438. The molecule has 1 saturated carbocycles. The van der Waals surface area contributed by atoms with Gasteiger partial charge < -0.3 is 4.57 Å². The third kappa shape index (κ3) is 3.51. The second-order valence-electron chi connectivity index (χ2n) is 5.98. The Labute approximate surface area is 124 Å². The van der Waals surface area contributed by atoms with Crippen LogP contribution in [0.5, 0.6) is 0 Å². The Morgan fingerprint density at radius 2 is 2.05 bits per heavy atom. The lowest BCUT2D eigenvalue weighted by Gasteiger charge is -2.37. The Morgan fingerprint density at radius 3 is 2.71 bits per heavy atom. The number of nitrogens with zero attached hydrogens (tertiary/aromatic N) is 3. The molecule has 1 amide bonds. The van der Waals surface area contributed by atoms with Gasteiger partial charge >= 0.3 is 0 Å². The van der Waals surface area contributed by atoms with Crippen molar-refractivity contribution in [1.82, 2.24) is 19.7 Å². The summed E-state index contributed by atoms with van der Waals surface area (Å²) in [6, 6.07) is 4.07. The van der Waals surface area contributed by atoms with Gasteiger partial charge in [-0.05, 0) is 30.4 Å². The highest BCUT2D eigenvalue weighted by Crippen LogP contribution is 2.41. The topological polar surface area (TPSA) is 75.6 Å². The molecule has 0 unspecified atom stereocenters. The van der Waals surface area contributed by atoms with Crippen molar-refractivity contribution < 1.29 is 4.79 Å². The molecule has 1 aliphatic rings. The molecule has 0 bridgehead atoms. The molecule has 1 fully saturated rings. The number of rotatable bonds is 5. The van der Waals surface area contributed by atoms with Crippen LogP contribution in [0.1, 0.15) is 38.5 Å². The molecule has 0 spiro atoms. The van der Waals surface area contributed by atoms with Crippen LogP contribution in [0.3, 0.4) is 0 Å². The van der Waals surface area contributed by atoms with E-state index in [-0.39, 0.29) is 11.3 Å². The first-order valence-electron chi connectivity index (χ1n) is 7.52. The van der Waals surface area contributed by atoms with Crippen LogP contribution in [0.2, 0.25) is 0 Å². The molecular formula is C15H21N5O. The van der Waals surface area contributed by atoms with Crippen LogP contribution in [0, 0.1) is 5.41 Å². The quantitative estimate of drug-likeness (QED) is 0.887. The van der Waals surface area contributed by atoms with Gasteiger partial charge in [-0.3, -0.25) is 10.1 Å². The highest BCUT2D eigenvalue weighted by Gasteiger charge is 2.34. The zero-order chi connectivity index (χ0) is 14.5. The Hall–Kier alpha value is -2.11. The van der Waals surface area contributed by atoms with E-state index in [9.17, 15) is 4.79 Å². The average molecular weight is 287 g/mol. The monoisotopic (exact) mass is 287 g/mol. The maximum atomic E-state index is 12.3. The fourth-order valence-electron chi connectivity index (χ4n) is 3.34. The largest absolute Gasteiger partial charge is 0.354 e. The molecule has 0 saturated heterocycles. The standard InChI is InChI=1S/C15H21N5O/c21-13(18-14-16-12-17-19-14)10-15(6-2-1-3-7-15)11-20-8-4-5-9-20/h4-5,8-9,12H,1-3,6-7,10-11H2,(H2,16,17,18,19,21). The van der Waals surface area contributed by atoms with Gasteiger partial charge in [0.1, 0.15) is 6.33 Å². The summed E-state index contributed by atoms with van der Waals surface area (Å²) in [5, 5.41) is 9.21. The second-order valence-corrected chi connectivity index (χ2v) is 5.98. The minimum absolute atomic E-state index is 0.0146. The van der Waals surface area contributed by atoms with Crippen molar-refractivity contribution in [3.05, 3.63) is 30.9 Å². The fourth-order valence-corrected chi connectivity index (χ4v) is 3.34. The summed E-state index contributed by atoms with van der Waals surface area (Å²) in [4.78, 5) is 16.2. The first-order chi connectivity index (χ1) is 10.3. The minimum Gasteiger partial charge on any atom is -0.354 e. The highest BCUT2D eigenvalue weighted by atomic mass is 16.1. The first kappa shape index (κ1) is 13.9. The van der Waals surface area contributed by atoms with Crippen molar-refractivity contribution in [2.45, 2.75) is 45.1 Å². The molecule has 0 aliphatic heterocycles. The molecule has 0 aromatic carbocycles. The van der Waals surface area contributed by atoms with Gasteiger partial charge in [0.25, 0.3) is 0 Å². The van der Waals surface area contributed by atoms with Crippen LogP contribution in [0.4, 0.5) is 5.95 Å². The van der Waals surface area contributed by atoms with Crippen LogP contribution < -0.4 is 5.32 Å².